The molecule has 0 atom stereocenters. The minimum absolute atomic E-state index is 0.242. The number of hydrogen-bond acceptors (Lipinski definition) is 4. The lowest BCUT2D eigenvalue weighted by molar-refractivity contribution is 0.0966. The van der Waals surface area contributed by atoms with Gasteiger partial charge in [-0.05, 0) is 48.9 Å². The van der Waals surface area contributed by atoms with Gasteiger partial charge in [-0.2, -0.15) is 5.10 Å². The molecule has 0 fully saturated rings. The molecule has 0 radical (unpaired) electrons. The molecule has 5 nitrogen and oxygen atoms in total. The van der Waals surface area contributed by atoms with E-state index >= 15 is 0 Å². The van der Waals surface area contributed by atoms with Crippen molar-refractivity contribution in [2.75, 3.05) is 5.43 Å². The number of benzene rings is 2. The first-order valence-electron chi connectivity index (χ1n) is 8.53. The Morgan fingerprint density at radius 1 is 1.21 bits per heavy atom. The van der Waals surface area contributed by atoms with Crippen LogP contribution in [-0.2, 0) is 6.54 Å². The average molecular weight is 415 g/mol. The molecule has 4 rings (SSSR count). The molecular formula is C20H16ClFN4OS. The summed E-state index contributed by atoms with van der Waals surface area (Å²) in [4.78, 5) is 14.0. The first-order valence-corrected chi connectivity index (χ1v) is 9.72. The third kappa shape index (κ3) is 3.85. The molecule has 0 aliphatic heterocycles. The molecule has 28 heavy (non-hydrogen) atoms. The van der Waals surface area contributed by atoms with E-state index in [0.29, 0.717) is 22.1 Å². The van der Waals surface area contributed by atoms with Gasteiger partial charge in [0.25, 0.3) is 5.91 Å². The van der Waals surface area contributed by atoms with Crippen LogP contribution < -0.4 is 10.9 Å². The van der Waals surface area contributed by atoms with Crippen LogP contribution in [0.4, 0.5) is 10.1 Å². The molecule has 2 heterocycles. The summed E-state index contributed by atoms with van der Waals surface area (Å²) < 4.78 is 15.0. The molecule has 2 aromatic heterocycles. The molecule has 0 bridgehead atoms. The zero-order valence-electron chi connectivity index (χ0n) is 14.9. The van der Waals surface area contributed by atoms with Crippen LogP contribution in [0.25, 0.3) is 10.2 Å². The first kappa shape index (κ1) is 18.5. The Labute approximate surface area is 169 Å². The second-order valence-electron chi connectivity index (χ2n) is 6.29. The van der Waals surface area contributed by atoms with Gasteiger partial charge in [0.15, 0.2) is 0 Å². The maximum atomic E-state index is 13.1. The SMILES string of the molecule is Cc1nn(Cc2ccc(F)cc2)c2sc(C(=O)NNc3cccc(Cl)c3)cc12. The second-order valence-corrected chi connectivity index (χ2v) is 7.76. The van der Waals surface area contributed by atoms with Crippen LogP contribution >= 0.6 is 22.9 Å². The summed E-state index contributed by atoms with van der Waals surface area (Å²) in [6, 6.07) is 15.2. The zero-order valence-corrected chi connectivity index (χ0v) is 16.4. The zero-order chi connectivity index (χ0) is 19.7. The highest BCUT2D eigenvalue weighted by Crippen LogP contribution is 2.29. The van der Waals surface area contributed by atoms with E-state index in [9.17, 15) is 9.18 Å². The highest BCUT2D eigenvalue weighted by Gasteiger charge is 2.16. The fraction of sp³-hybridized carbons (Fsp3) is 0.100. The van der Waals surface area contributed by atoms with Crippen molar-refractivity contribution in [3.8, 4) is 0 Å². The Hall–Kier alpha value is -2.90. The number of anilines is 1. The average Bonchev–Trinajstić information content (AvgIpc) is 3.23. The number of nitrogens with one attached hydrogen (secondary N) is 2. The highest BCUT2D eigenvalue weighted by molar-refractivity contribution is 7.20. The van der Waals surface area contributed by atoms with E-state index < -0.39 is 0 Å². The maximum absolute atomic E-state index is 13.1. The van der Waals surface area contributed by atoms with Crippen LogP contribution in [0.5, 0.6) is 0 Å². The molecule has 0 unspecified atom stereocenters. The minimum Gasteiger partial charge on any atom is -0.298 e. The Morgan fingerprint density at radius 3 is 2.75 bits per heavy atom. The predicted octanol–water partition coefficient (Wildman–Crippen LogP) is 5.00. The number of halogens is 2. The van der Waals surface area contributed by atoms with E-state index in [1.807, 2.05) is 23.7 Å². The minimum atomic E-state index is -0.271. The topological polar surface area (TPSA) is 59.0 Å². The molecule has 0 saturated carbocycles. The van der Waals surface area contributed by atoms with E-state index in [2.05, 4.69) is 16.0 Å². The molecule has 2 aromatic carbocycles. The Morgan fingerprint density at radius 2 is 2.00 bits per heavy atom. The van der Waals surface area contributed by atoms with Gasteiger partial charge in [-0.3, -0.25) is 20.3 Å². The van der Waals surface area contributed by atoms with Gasteiger partial charge in [0.2, 0.25) is 0 Å². The molecule has 8 heteroatoms. The number of rotatable bonds is 5. The summed E-state index contributed by atoms with van der Waals surface area (Å²) in [6.07, 6.45) is 0. The smallest absolute Gasteiger partial charge is 0.279 e. The van der Waals surface area contributed by atoms with E-state index in [1.54, 1.807) is 30.3 Å². The maximum Gasteiger partial charge on any atom is 0.279 e. The summed E-state index contributed by atoms with van der Waals surface area (Å²) in [5.74, 6) is -0.512. The van der Waals surface area contributed by atoms with Crippen molar-refractivity contribution < 1.29 is 9.18 Å². The van der Waals surface area contributed by atoms with Crippen LogP contribution in [0, 0.1) is 12.7 Å². The van der Waals surface area contributed by atoms with Gasteiger partial charge in [-0.15, -0.1) is 11.3 Å². The number of nitrogens with zero attached hydrogens (tertiary/aromatic N) is 2. The lowest BCUT2D eigenvalue weighted by Crippen LogP contribution is -2.28. The van der Waals surface area contributed by atoms with Crippen molar-refractivity contribution in [1.29, 1.82) is 0 Å². The molecule has 0 spiro atoms. The van der Waals surface area contributed by atoms with Crippen molar-refractivity contribution in [2.24, 2.45) is 0 Å². The summed E-state index contributed by atoms with van der Waals surface area (Å²) in [7, 11) is 0. The van der Waals surface area contributed by atoms with Crippen LogP contribution in [0.3, 0.4) is 0 Å². The second kappa shape index (κ2) is 7.61. The number of carbonyl (C=O) groups excluding carboxylic acids is 1. The lowest BCUT2D eigenvalue weighted by Gasteiger charge is -2.07. The molecule has 1 amide bonds. The molecule has 2 N–H and O–H groups in total. The molecule has 4 aromatic rings. The number of carbonyl (C=O) groups is 1. The van der Waals surface area contributed by atoms with E-state index in [4.69, 9.17) is 11.6 Å². The van der Waals surface area contributed by atoms with Gasteiger partial charge < -0.3 is 0 Å². The molecular weight excluding hydrogens is 399 g/mol. The fourth-order valence-electron chi connectivity index (χ4n) is 2.85. The van der Waals surface area contributed by atoms with Gasteiger partial charge in [0.1, 0.15) is 10.6 Å². The summed E-state index contributed by atoms with van der Waals surface area (Å²) in [5.41, 5.74) is 8.01. The number of aromatic nitrogens is 2. The van der Waals surface area contributed by atoms with Crippen molar-refractivity contribution in [2.45, 2.75) is 13.5 Å². The van der Waals surface area contributed by atoms with E-state index in [0.717, 1.165) is 21.5 Å². The van der Waals surface area contributed by atoms with Crippen LogP contribution in [0.2, 0.25) is 5.02 Å². The van der Waals surface area contributed by atoms with Crippen LogP contribution in [-0.4, -0.2) is 15.7 Å². The molecule has 0 aliphatic rings. The first-order chi connectivity index (χ1) is 13.5. The molecule has 142 valence electrons. The Kier molecular flexibility index (Phi) is 5.02. The standard InChI is InChI=1S/C20H16ClFN4OS/c1-12-17-10-18(19(27)24-23-16-4-2-3-14(21)9-16)28-20(17)26(25-12)11-13-5-7-15(22)8-6-13/h2-10,23H,11H2,1H3,(H,24,27). The van der Waals surface area contributed by atoms with Gasteiger partial charge in [0, 0.05) is 10.4 Å². The van der Waals surface area contributed by atoms with Crippen molar-refractivity contribution in [1.82, 2.24) is 15.2 Å². The normalized spacial score (nSPS) is 11.0. The molecule has 0 saturated heterocycles. The predicted molar refractivity (Wildman–Crippen MR) is 110 cm³/mol. The largest absolute Gasteiger partial charge is 0.298 e. The summed E-state index contributed by atoms with van der Waals surface area (Å²) >= 11 is 7.31. The number of fused-ring (bicyclic) bond motifs is 1. The number of thiophene rings is 1. The summed E-state index contributed by atoms with van der Waals surface area (Å²) in [5, 5.41) is 6.05. The Balaban J connectivity index is 1.53. The van der Waals surface area contributed by atoms with E-state index in [-0.39, 0.29) is 11.7 Å². The van der Waals surface area contributed by atoms with Gasteiger partial charge in [-0.1, -0.05) is 29.8 Å². The highest BCUT2D eigenvalue weighted by atomic mass is 35.5. The quantitative estimate of drug-likeness (QED) is 0.451. The molecule has 0 aliphatic carbocycles. The monoisotopic (exact) mass is 414 g/mol. The van der Waals surface area contributed by atoms with E-state index in [1.165, 1.54) is 23.5 Å². The number of amides is 1. The Bertz CT molecular complexity index is 1150. The third-order valence-corrected chi connectivity index (χ3v) is 5.60. The fourth-order valence-corrected chi connectivity index (χ4v) is 4.10. The third-order valence-electron chi connectivity index (χ3n) is 4.22. The summed E-state index contributed by atoms with van der Waals surface area (Å²) in [6.45, 7) is 2.41. The van der Waals surface area contributed by atoms with Gasteiger partial charge in [0.05, 0.1) is 22.8 Å². The lowest BCUT2D eigenvalue weighted by atomic mass is 10.2. The number of hydrogen-bond donors (Lipinski definition) is 2. The van der Waals surface area contributed by atoms with Crippen LogP contribution in [0.15, 0.2) is 54.6 Å². The van der Waals surface area contributed by atoms with Gasteiger partial charge in [-0.25, -0.2) is 4.39 Å². The van der Waals surface area contributed by atoms with Crippen molar-refractivity contribution >= 4 is 44.7 Å². The van der Waals surface area contributed by atoms with Crippen molar-refractivity contribution in [3.05, 3.63) is 81.6 Å². The van der Waals surface area contributed by atoms with Gasteiger partial charge >= 0.3 is 0 Å². The number of hydrazine groups is 1. The number of aryl methyl sites for hydroxylation is 1. The van der Waals surface area contributed by atoms with Crippen molar-refractivity contribution in [3.63, 3.8) is 0 Å². The van der Waals surface area contributed by atoms with Crippen LogP contribution in [0.1, 0.15) is 20.9 Å².